The zero-order valence-electron chi connectivity index (χ0n) is 13.7. The number of hydrogen-bond acceptors (Lipinski definition) is 2. The second-order valence-electron chi connectivity index (χ2n) is 8.14. The van der Waals surface area contributed by atoms with E-state index in [9.17, 15) is 9.59 Å². The molecular formula is C20H24O2. The molecule has 0 spiro atoms. The Morgan fingerprint density at radius 3 is 2.77 bits per heavy atom. The van der Waals surface area contributed by atoms with Gasteiger partial charge in [-0.1, -0.05) is 37.1 Å². The molecule has 0 N–H and O–H groups in total. The van der Waals surface area contributed by atoms with Gasteiger partial charge in [-0.25, -0.2) is 0 Å². The van der Waals surface area contributed by atoms with E-state index < -0.39 is 0 Å². The van der Waals surface area contributed by atoms with Gasteiger partial charge in [-0.3, -0.25) is 9.59 Å². The van der Waals surface area contributed by atoms with E-state index in [1.807, 2.05) is 6.08 Å². The zero-order valence-corrected chi connectivity index (χ0v) is 13.7. The lowest BCUT2D eigenvalue weighted by molar-refractivity contribution is -0.129. The lowest BCUT2D eigenvalue weighted by Gasteiger charge is -2.50. The summed E-state index contributed by atoms with van der Waals surface area (Å²) in [6, 6.07) is 0. The van der Waals surface area contributed by atoms with Gasteiger partial charge in [-0.2, -0.15) is 0 Å². The van der Waals surface area contributed by atoms with Gasteiger partial charge in [0, 0.05) is 16.7 Å². The molecule has 2 fully saturated rings. The van der Waals surface area contributed by atoms with Gasteiger partial charge in [0.25, 0.3) is 0 Å². The summed E-state index contributed by atoms with van der Waals surface area (Å²) in [7, 11) is 0. The molecule has 0 aliphatic heterocycles. The molecule has 4 rings (SSSR count). The first-order chi connectivity index (χ1) is 10.4. The van der Waals surface area contributed by atoms with Crippen molar-refractivity contribution in [2.24, 2.45) is 28.6 Å². The molecule has 2 saturated carbocycles. The van der Waals surface area contributed by atoms with Crippen molar-refractivity contribution >= 4 is 11.6 Å². The normalized spacial score (nSPS) is 46.6. The van der Waals surface area contributed by atoms with Crippen LogP contribution in [0, 0.1) is 28.6 Å². The molecule has 0 heterocycles. The molecule has 22 heavy (non-hydrogen) atoms. The van der Waals surface area contributed by atoms with Crippen molar-refractivity contribution in [3.05, 3.63) is 35.5 Å². The maximum atomic E-state index is 12.6. The van der Waals surface area contributed by atoms with Gasteiger partial charge in [0.2, 0.25) is 0 Å². The van der Waals surface area contributed by atoms with E-state index in [4.69, 9.17) is 0 Å². The third-order valence-electron chi connectivity index (χ3n) is 6.96. The summed E-state index contributed by atoms with van der Waals surface area (Å²) in [5.74, 6) is 1.79. The minimum absolute atomic E-state index is 0.0902. The van der Waals surface area contributed by atoms with Gasteiger partial charge < -0.3 is 0 Å². The average Bonchev–Trinajstić information content (AvgIpc) is 2.72. The molecule has 5 atom stereocenters. The minimum atomic E-state index is -0.153. The van der Waals surface area contributed by atoms with Gasteiger partial charge in [0.1, 0.15) is 5.78 Å². The predicted molar refractivity (Wildman–Crippen MR) is 86.1 cm³/mol. The van der Waals surface area contributed by atoms with Crippen LogP contribution < -0.4 is 0 Å². The third-order valence-corrected chi connectivity index (χ3v) is 6.96. The van der Waals surface area contributed by atoms with Crippen LogP contribution in [-0.2, 0) is 9.59 Å². The Morgan fingerprint density at radius 1 is 1.23 bits per heavy atom. The van der Waals surface area contributed by atoms with Crippen molar-refractivity contribution in [1.82, 2.24) is 0 Å². The van der Waals surface area contributed by atoms with E-state index in [2.05, 4.69) is 32.9 Å². The standard InChI is InChI=1S/C20H24O2/c1-12-10-17-15-5-4-13-11-14(21)6-8-19(13,2)16(15)7-9-20(17,3)18(12)22/h6-8,11-12,15,17H,4-5,9-10H2,1-3H3/t12-,15+,17+,19-,20+/m0/s1. The molecule has 4 aliphatic rings. The molecule has 0 aromatic heterocycles. The Morgan fingerprint density at radius 2 is 2.00 bits per heavy atom. The van der Waals surface area contributed by atoms with Gasteiger partial charge >= 0.3 is 0 Å². The van der Waals surface area contributed by atoms with E-state index in [0.29, 0.717) is 17.6 Å². The monoisotopic (exact) mass is 296 g/mol. The van der Waals surface area contributed by atoms with E-state index in [-0.39, 0.29) is 22.5 Å². The Kier molecular flexibility index (Phi) is 2.77. The van der Waals surface area contributed by atoms with Crippen LogP contribution in [-0.4, -0.2) is 11.6 Å². The van der Waals surface area contributed by atoms with Crippen molar-refractivity contribution < 1.29 is 9.59 Å². The van der Waals surface area contributed by atoms with E-state index in [1.54, 1.807) is 6.08 Å². The molecule has 0 aromatic rings. The molecule has 2 nitrogen and oxygen atoms in total. The first kappa shape index (κ1) is 14.2. The summed E-state index contributed by atoms with van der Waals surface area (Å²) in [6.45, 7) is 6.54. The van der Waals surface area contributed by atoms with Crippen LogP contribution in [0.1, 0.15) is 46.5 Å². The molecule has 0 radical (unpaired) electrons. The van der Waals surface area contributed by atoms with Crippen LogP contribution in [0.3, 0.4) is 0 Å². The maximum absolute atomic E-state index is 12.6. The lowest BCUT2D eigenvalue weighted by atomic mass is 9.53. The number of carbonyl (C=O) groups is 2. The second-order valence-corrected chi connectivity index (χ2v) is 8.14. The van der Waals surface area contributed by atoms with Crippen molar-refractivity contribution in [2.75, 3.05) is 0 Å². The number of allylic oxidation sites excluding steroid dienone is 6. The van der Waals surface area contributed by atoms with Crippen LogP contribution in [0.25, 0.3) is 0 Å². The van der Waals surface area contributed by atoms with Crippen molar-refractivity contribution in [2.45, 2.75) is 46.5 Å². The number of Topliss-reactive ketones (excluding diaryl/α,β-unsaturated/α-hetero) is 1. The smallest absolute Gasteiger partial charge is 0.178 e. The second kappa shape index (κ2) is 4.31. The maximum Gasteiger partial charge on any atom is 0.178 e. The summed E-state index contributed by atoms with van der Waals surface area (Å²) >= 11 is 0. The quantitative estimate of drug-likeness (QED) is 0.632. The summed E-state index contributed by atoms with van der Waals surface area (Å²) in [6.07, 6.45) is 12.0. The summed E-state index contributed by atoms with van der Waals surface area (Å²) < 4.78 is 0. The number of carbonyl (C=O) groups excluding carboxylic acids is 2. The number of hydrogen-bond donors (Lipinski definition) is 0. The number of fused-ring (bicyclic) bond motifs is 5. The van der Waals surface area contributed by atoms with Crippen LogP contribution in [0.2, 0.25) is 0 Å². The molecule has 0 unspecified atom stereocenters. The molecule has 0 amide bonds. The highest BCUT2D eigenvalue weighted by molar-refractivity contribution is 6.01. The molecular weight excluding hydrogens is 272 g/mol. The van der Waals surface area contributed by atoms with Crippen LogP contribution in [0.4, 0.5) is 0 Å². The highest BCUT2D eigenvalue weighted by atomic mass is 16.1. The highest BCUT2D eigenvalue weighted by Crippen LogP contribution is 2.61. The Balaban J connectivity index is 1.79. The van der Waals surface area contributed by atoms with Crippen molar-refractivity contribution in [1.29, 1.82) is 0 Å². The fraction of sp³-hybridized carbons (Fsp3) is 0.600. The first-order valence-corrected chi connectivity index (χ1v) is 8.55. The zero-order chi connectivity index (χ0) is 15.7. The predicted octanol–water partition coefficient (Wildman–Crippen LogP) is 4.03. The van der Waals surface area contributed by atoms with E-state index in [0.717, 1.165) is 25.7 Å². The molecule has 2 heteroatoms. The largest absolute Gasteiger partial charge is 0.299 e. The number of rotatable bonds is 0. The topological polar surface area (TPSA) is 34.1 Å². The van der Waals surface area contributed by atoms with Gasteiger partial charge in [0.15, 0.2) is 5.78 Å². The average molecular weight is 296 g/mol. The summed E-state index contributed by atoms with van der Waals surface area (Å²) in [5, 5.41) is 0. The Labute approximate surface area is 132 Å². The first-order valence-electron chi connectivity index (χ1n) is 8.55. The Bertz CT molecular complexity index is 665. The molecule has 116 valence electrons. The number of ketones is 2. The fourth-order valence-electron chi connectivity index (χ4n) is 5.65. The van der Waals surface area contributed by atoms with Gasteiger partial charge in [0.05, 0.1) is 0 Å². The fourth-order valence-corrected chi connectivity index (χ4v) is 5.65. The summed E-state index contributed by atoms with van der Waals surface area (Å²) in [4.78, 5) is 24.4. The SMILES string of the molecule is C[C@H]1C[C@@H]2[C@@H]3CCC4=CC(=O)C=C[C@]4(C)C3=CC[C@@]2(C)C1=O. The molecule has 4 aliphatic carbocycles. The summed E-state index contributed by atoms with van der Waals surface area (Å²) in [5.41, 5.74) is 2.49. The Hall–Kier alpha value is -1.44. The lowest BCUT2D eigenvalue weighted by Crippen LogP contribution is -2.43. The molecule has 0 saturated heterocycles. The van der Waals surface area contributed by atoms with Crippen molar-refractivity contribution in [3.63, 3.8) is 0 Å². The van der Waals surface area contributed by atoms with Gasteiger partial charge in [-0.15, -0.1) is 0 Å². The third kappa shape index (κ3) is 1.61. The van der Waals surface area contributed by atoms with Gasteiger partial charge in [-0.05, 0) is 56.6 Å². The highest BCUT2D eigenvalue weighted by Gasteiger charge is 2.57. The van der Waals surface area contributed by atoms with E-state index >= 15 is 0 Å². The van der Waals surface area contributed by atoms with E-state index in [1.165, 1.54) is 11.1 Å². The van der Waals surface area contributed by atoms with Crippen LogP contribution in [0.5, 0.6) is 0 Å². The van der Waals surface area contributed by atoms with Crippen molar-refractivity contribution in [3.8, 4) is 0 Å². The minimum Gasteiger partial charge on any atom is -0.299 e. The van der Waals surface area contributed by atoms with Crippen LogP contribution in [0.15, 0.2) is 35.5 Å². The molecule has 0 aromatic carbocycles. The van der Waals surface area contributed by atoms with Crippen LogP contribution >= 0.6 is 0 Å². The molecule has 0 bridgehead atoms.